The number of carboxylic acid groups (broad SMARTS) is 2. The highest BCUT2D eigenvalue weighted by Crippen LogP contribution is 2.12. The SMILES string of the molecule is CCCCCCCCC=CCCCCCCCCC(=O)O.CCCCCCCCC=CCCCCCCCCC(=O)O. The monoisotopic (exact) mass is 593 g/mol. The number of hydrogen-bond donors (Lipinski definition) is 2. The minimum atomic E-state index is -0.662. The van der Waals surface area contributed by atoms with Crippen LogP contribution in [0.5, 0.6) is 0 Å². The predicted octanol–water partition coefficient (Wildman–Crippen LogP) is 13.0. The Labute approximate surface area is 262 Å². The molecule has 0 aromatic carbocycles. The van der Waals surface area contributed by atoms with Crippen molar-refractivity contribution in [3.05, 3.63) is 24.3 Å². The van der Waals surface area contributed by atoms with Crippen LogP contribution in [0.15, 0.2) is 24.3 Å². The van der Waals surface area contributed by atoms with E-state index in [1.54, 1.807) is 0 Å². The normalized spacial score (nSPS) is 11.3. The third-order valence-corrected chi connectivity index (χ3v) is 7.80. The van der Waals surface area contributed by atoms with E-state index in [-0.39, 0.29) is 0 Å². The van der Waals surface area contributed by atoms with Crippen molar-refractivity contribution in [2.24, 2.45) is 0 Å². The molecule has 0 aliphatic rings. The zero-order valence-corrected chi connectivity index (χ0v) is 28.2. The molecule has 0 rings (SSSR count). The second kappa shape index (κ2) is 39.4. The molecule has 0 saturated heterocycles. The molecular formula is C38H72O4. The van der Waals surface area contributed by atoms with Gasteiger partial charge < -0.3 is 10.2 Å². The van der Waals surface area contributed by atoms with Crippen LogP contribution in [0.1, 0.15) is 206 Å². The summed E-state index contributed by atoms with van der Waals surface area (Å²) in [5.41, 5.74) is 0. The fourth-order valence-corrected chi connectivity index (χ4v) is 5.05. The second-order valence-corrected chi connectivity index (χ2v) is 12.2. The number of allylic oxidation sites excluding steroid dienone is 4. The summed E-state index contributed by atoms with van der Waals surface area (Å²) in [5.74, 6) is -1.32. The molecule has 0 unspecified atom stereocenters. The van der Waals surface area contributed by atoms with Crippen LogP contribution in [0.2, 0.25) is 0 Å². The first-order valence-electron chi connectivity index (χ1n) is 18.3. The van der Waals surface area contributed by atoms with Gasteiger partial charge >= 0.3 is 11.9 Å². The summed E-state index contributed by atoms with van der Waals surface area (Å²) in [7, 11) is 0. The second-order valence-electron chi connectivity index (χ2n) is 12.2. The largest absolute Gasteiger partial charge is 0.481 e. The van der Waals surface area contributed by atoms with E-state index in [0.717, 1.165) is 25.7 Å². The Morgan fingerprint density at radius 3 is 0.810 bits per heavy atom. The van der Waals surface area contributed by atoms with Gasteiger partial charge in [0.2, 0.25) is 0 Å². The van der Waals surface area contributed by atoms with Crippen molar-refractivity contribution in [1.82, 2.24) is 0 Å². The van der Waals surface area contributed by atoms with Crippen molar-refractivity contribution in [2.75, 3.05) is 0 Å². The van der Waals surface area contributed by atoms with Gasteiger partial charge in [-0.15, -0.1) is 0 Å². The van der Waals surface area contributed by atoms with Gasteiger partial charge in [0.1, 0.15) is 0 Å². The van der Waals surface area contributed by atoms with E-state index in [1.165, 1.54) is 154 Å². The molecule has 0 aromatic rings. The maximum atomic E-state index is 10.3. The number of unbranched alkanes of at least 4 members (excludes halogenated alkanes) is 24. The Hall–Kier alpha value is -1.58. The fraction of sp³-hybridized carbons (Fsp3) is 0.842. The van der Waals surface area contributed by atoms with Gasteiger partial charge in [0.25, 0.3) is 0 Å². The van der Waals surface area contributed by atoms with Crippen molar-refractivity contribution in [3.8, 4) is 0 Å². The van der Waals surface area contributed by atoms with Crippen molar-refractivity contribution in [3.63, 3.8) is 0 Å². The van der Waals surface area contributed by atoms with Gasteiger partial charge in [-0.05, 0) is 64.2 Å². The summed E-state index contributed by atoms with van der Waals surface area (Å²) in [6, 6.07) is 0. The third kappa shape index (κ3) is 45.4. The van der Waals surface area contributed by atoms with Crippen LogP contribution >= 0.6 is 0 Å². The summed E-state index contributed by atoms with van der Waals surface area (Å²) < 4.78 is 0. The maximum Gasteiger partial charge on any atom is 0.303 e. The van der Waals surface area contributed by atoms with Crippen LogP contribution in [-0.2, 0) is 9.59 Å². The lowest BCUT2D eigenvalue weighted by Gasteiger charge is -1.99. The smallest absolute Gasteiger partial charge is 0.303 e. The molecule has 0 aromatic heterocycles. The van der Waals surface area contributed by atoms with Gasteiger partial charge in [0.15, 0.2) is 0 Å². The van der Waals surface area contributed by atoms with Crippen LogP contribution < -0.4 is 0 Å². The van der Waals surface area contributed by atoms with Gasteiger partial charge in [-0.2, -0.15) is 0 Å². The maximum absolute atomic E-state index is 10.3. The van der Waals surface area contributed by atoms with E-state index in [2.05, 4.69) is 38.2 Å². The molecule has 4 nitrogen and oxygen atoms in total. The third-order valence-electron chi connectivity index (χ3n) is 7.80. The molecule has 0 saturated carbocycles. The molecule has 0 aliphatic carbocycles. The van der Waals surface area contributed by atoms with E-state index in [1.807, 2.05) is 0 Å². The average molecular weight is 593 g/mol. The molecule has 0 bridgehead atoms. The van der Waals surface area contributed by atoms with E-state index in [4.69, 9.17) is 10.2 Å². The lowest BCUT2D eigenvalue weighted by molar-refractivity contribution is -0.138. The fourth-order valence-electron chi connectivity index (χ4n) is 5.05. The van der Waals surface area contributed by atoms with Crippen LogP contribution in [0.4, 0.5) is 0 Å². The predicted molar refractivity (Wildman–Crippen MR) is 183 cm³/mol. The minimum Gasteiger partial charge on any atom is -0.481 e. The Morgan fingerprint density at radius 2 is 0.571 bits per heavy atom. The highest BCUT2D eigenvalue weighted by Gasteiger charge is 1.97. The average Bonchev–Trinajstić information content (AvgIpc) is 2.97. The highest BCUT2D eigenvalue weighted by molar-refractivity contribution is 5.66. The van der Waals surface area contributed by atoms with Gasteiger partial charge in [0.05, 0.1) is 0 Å². The minimum absolute atomic E-state index is 0.335. The first-order valence-corrected chi connectivity index (χ1v) is 18.3. The van der Waals surface area contributed by atoms with Crippen molar-refractivity contribution in [2.45, 2.75) is 206 Å². The summed E-state index contributed by atoms with van der Waals surface area (Å²) in [4.78, 5) is 20.7. The Kier molecular flexibility index (Phi) is 39.9. The Balaban J connectivity index is 0. The van der Waals surface area contributed by atoms with Gasteiger partial charge in [-0.1, -0.05) is 154 Å². The summed E-state index contributed by atoms with van der Waals surface area (Å²) in [5, 5.41) is 17.0. The van der Waals surface area contributed by atoms with Crippen LogP contribution in [-0.4, -0.2) is 22.2 Å². The first kappa shape index (κ1) is 42.6. The van der Waals surface area contributed by atoms with Crippen molar-refractivity contribution >= 4 is 11.9 Å². The standard InChI is InChI=1S/2C19H36O2/c2*1-2-3-4-5-6-7-8-9-10-11-12-13-14-15-16-17-18-19(20)21/h2*9-10H,2-8,11-18H2,1H3,(H,20,21). The van der Waals surface area contributed by atoms with Crippen molar-refractivity contribution < 1.29 is 19.8 Å². The van der Waals surface area contributed by atoms with Crippen molar-refractivity contribution in [1.29, 1.82) is 0 Å². The molecule has 0 fully saturated rings. The topological polar surface area (TPSA) is 74.6 Å². The van der Waals surface area contributed by atoms with E-state index >= 15 is 0 Å². The molecule has 248 valence electrons. The van der Waals surface area contributed by atoms with Crippen LogP contribution in [0, 0.1) is 0 Å². The molecule has 42 heavy (non-hydrogen) atoms. The van der Waals surface area contributed by atoms with Gasteiger partial charge in [-0.3, -0.25) is 9.59 Å². The molecule has 0 spiro atoms. The van der Waals surface area contributed by atoms with E-state index in [9.17, 15) is 9.59 Å². The molecule has 0 atom stereocenters. The molecule has 2 N–H and O–H groups in total. The molecule has 0 aliphatic heterocycles. The zero-order valence-electron chi connectivity index (χ0n) is 28.2. The molecule has 4 heteroatoms. The Bertz CT molecular complexity index is 544. The molecule has 0 amide bonds. The molecule has 0 heterocycles. The number of carboxylic acids is 2. The number of aliphatic carboxylic acids is 2. The quantitative estimate of drug-likeness (QED) is 0.0602. The summed E-state index contributed by atoms with van der Waals surface area (Å²) in [6.07, 6.45) is 45.4. The van der Waals surface area contributed by atoms with Gasteiger partial charge in [0, 0.05) is 12.8 Å². The Morgan fingerprint density at radius 1 is 0.357 bits per heavy atom. The van der Waals surface area contributed by atoms with E-state index in [0.29, 0.717) is 12.8 Å². The van der Waals surface area contributed by atoms with E-state index < -0.39 is 11.9 Å². The van der Waals surface area contributed by atoms with Crippen LogP contribution in [0.3, 0.4) is 0 Å². The summed E-state index contributed by atoms with van der Waals surface area (Å²) in [6.45, 7) is 4.53. The summed E-state index contributed by atoms with van der Waals surface area (Å²) >= 11 is 0. The van der Waals surface area contributed by atoms with Crippen LogP contribution in [0.25, 0.3) is 0 Å². The van der Waals surface area contributed by atoms with Gasteiger partial charge in [-0.25, -0.2) is 0 Å². The number of rotatable bonds is 32. The number of carbonyl (C=O) groups is 2. The molecule has 0 radical (unpaired) electrons. The number of hydrogen-bond acceptors (Lipinski definition) is 2. The molecular weight excluding hydrogens is 520 g/mol. The first-order chi connectivity index (χ1) is 20.5. The lowest BCUT2D eigenvalue weighted by atomic mass is 10.1. The lowest BCUT2D eigenvalue weighted by Crippen LogP contribution is -1.93. The zero-order chi connectivity index (χ0) is 31.2. The highest BCUT2D eigenvalue weighted by atomic mass is 16.4.